The first kappa shape index (κ1) is 26.3. The zero-order valence-corrected chi connectivity index (χ0v) is 22.4. The fraction of sp³-hybridized carbons (Fsp3) is 0.583. The van der Waals surface area contributed by atoms with Crippen LogP contribution in [0.1, 0.15) is 47.1 Å². The smallest absolute Gasteiger partial charge is 0.410 e. The van der Waals surface area contributed by atoms with Crippen molar-refractivity contribution in [2.24, 2.45) is 0 Å². The average Bonchev–Trinajstić information content (AvgIpc) is 3.09. The monoisotopic (exact) mass is 480 g/mol. The minimum Gasteiger partial charge on any atom is -0.467 e. The van der Waals surface area contributed by atoms with Gasteiger partial charge in [0.2, 0.25) is 0 Å². The number of esters is 1. The van der Waals surface area contributed by atoms with Crippen LogP contribution in [0.15, 0.2) is 18.2 Å². The SMILES string of the molecule is CC[Si](CC)(CC)c1[nH]c2cc(Cl)ccc2c1C[C@H](C(=O)OC)N(C)C(=O)OC(C)(C)C. The summed E-state index contributed by atoms with van der Waals surface area (Å²) in [6.07, 6.45) is -0.212. The topological polar surface area (TPSA) is 71.6 Å². The highest BCUT2D eigenvalue weighted by Gasteiger charge is 2.37. The highest BCUT2D eigenvalue weighted by Crippen LogP contribution is 2.29. The molecule has 2 aromatic rings. The fourth-order valence-corrected chi connectivity index (χ4v) is 8.35. The first-order valence-corrected chi connectivity index (χ1v) is 14.3. The second kappa shape index (κ2) is 10.3. The minimum atomic E-state index is -1.84. The molecule has 0 aliphatic rings. The van der Waals surface area contributed by atoms with E-state index in [9.17, 15) is 9.59 Å². The second-order valence-electron chi connectivity index (χ2n) is 9.34. The van der Waals surface area contributed by atoms with Crippen molar-refractivity contribution >= 4 is 48.0 Å². The van der Waals surface area contributed by atoms with Gasteiger partial charge in [-0.1, -0.05) is 56.6 Å². The maximum absolute atomic E-state index is 12.8. The van der Waals surface area contributed by atoms with Crippen molar-refractivity contribution in [2.45, 2.75) is 77.7 Å². The van der Waals surface area contributed by atoms with Gasteiger partial charge in [-0.2, -0.15) is 0 Å². The fourth-order valence-electron chi connectivity index (χ4n) is 4.34. The number of benzene rings is 1. The Balaban J connectivity index is 2.63. The van der Waals surface area contributed by atoms with E-state index in [-0.39, 0.29) is 0 Å². The predicted octanol–water partition coefficient (Wildman–Crippen LogP) is 5.49. The van der Waals surface area contributed by atoms with Crippen LogP contribution in [0, 0.1) is 0 Å². The number of hydrogen-bond acceptors (Lipinski definition) is 4. The van der Waals surface area contributed by atoms with Crippen LogP contribution in [-0.4, -0.2) is 55.8 Å². The quantitative estimate of drug-likeness (QED) is 0.400. The number of rotatable bonds is 8. The lowest BCUT2D eigenvalue weighted by atomic mass is 10.0. The van der Waals surface area contributed by atoms with Gasteiger partial charge in [-0.25, -0.2) is 9.59 Å². The molecule has 8 heteroatoms. The number of methoxy groups -OCH3 is 1. The Labute approximate surface area is 197 Å². The molecule has 2 rings (SSSR count). The zero-order valence-electron chi connectivity index (χ0n) is 20.6. The first-order valence-electron chi connectivity index (χ1n) is 11.3. The van der Waals surface area contributed by atoms with Crippen LogP contribution < -0.4 is 5.32 Å². The van der Waals surface area contributed by atoms with E-state index in [2.05, 4.69) is 25.8 Å². The summed E-state index contributed by atoms with van der Waals surface area (Å²) >= 11 is 6.28. The van der Waals surface area contributed by atoms with E-state index in [0.717, 1.165) is 34.6 Å². The number of carbonyl (C=O) groups excluding carboxylic acids is 2. The molecule has 1 amide bonds. The van der Waals surface area contributed by atoms with Gasteiger partial charge in [0, 0.05) is 34.7 Å². The van der Waals surface area contributed by atoms with Gasteiger partial charge in [0.15, 0.2) is 0 Å². The largest absolute Gasteiger partial charge is 0.467 e. The Morgan fingerprint density at radius 2 is 1.75 bits per heavy atom. The number of likely N-dealkylation sites (N-methyl/N-ethyl adjacent to an activating group) is 1. The van der Waals surface area contributed by atoms with Crippen LogP contribution in [0.25, 0.3) is 10.9 Å². The molecule has 0 aliphatic carbocycles. The van der Waals surface area contributed by atoms with E-state index in [4.69, 9.17) is 21.1 Å². The molecule has 0 bridgehead atoms. The van der Waals surface area contributed by atoms with Gasteiger partial charge in [-0.05, 0) is 38.5 Å². The molecule has 1 N–H and O–H groups in total. The summed E-state index contributed by atoms with van der Waals surface area (Å²) in [5, 5.41) is 2.92. The van der Waals surface area contributed by atoms with Crippen LogP contribution in [0.3, 0.4) is 0 Å². The minimum absolute atomic E-state index is 0.341. The molecule has 1 heterocycles. The van der Waals surface area contributed by atoms with E-state index in [0.29, 0.717) is 11.4 Å². The van der Waals surface area contributed by atoms with Crippen molar-refractivity contribution in [1.82, 2.24) is 9.88 Å². The first-order chi connectivity index (χ1) is 14.9. The number of amides is 1. The molecule has 1 aromatic carbocycles. The van der Waals surface area contributed by atoms with Crippen molar-refractivity contribution < 1.29 is 19.1 Å². The lowest BCUT2D eigenvalue weighted by Gasteiger charge is -2.32. The molecule has 1 atom stereocenters. The Bertz CT molecular complexity index is 955. The highest BCUT2D eigenvalue weighted by molar-refractivity contribution is 6.91. The maximum atomic E-state index is 12.8. The molecule has 1 aromatic heterocycles. The number of ether oxygens (including phenoxy) is 2. The van der Waals surface area contributed by atoms with Gasteiger partial charge in [0.05, 0.1) is 7.11 Å². The van der Waals surface area contributed by atoms with Crippen molar-refractivity contribution in [3.8, 4) is 0 Å². The number of nitrogens with one attached hydrogen (secondary N) is 1. The summed E-state index contributed by atoms with van der Waals surface area (Å²) in [4.78, 5) is 30.6. The Morgan fingerprint density at radius 3 is 2.25 bits per heavy atom. The van der Waals surface area contributed by atoms with E-state index in [1.54, 1.807) is 27.8 Å². The van der Waals surface area contributed by atoms with Gasteiger partial charge >= 0.3 is 12.1 Å². The summed E-state index contributed by atoms with van der Waals surface area (Å²) in [5.41, 5.74) is 1.36. The molecular formula is C24H37ClN2O4Si. The van der Waals surface area contributed by atoms with Gasteiger partial charge in [0.25, 0.3) is 0 Å². The molecule has 32 heavy (non-hydrogen) atoms. The maximum Gasteiger partial charge on any atom is 0.410 e. The third-order valence-corrected chi connectivity index (χ3v) is 12.2. The molecule has 178 valence electrons. The van der Waals surface area contributed by atoms with E-state index < -0.39 is 31.8 Å². The van der Waals surface area contributed by atoms with E-state index in [1.165, 1.54) is 17.3 Å². The number of H-pyrrole nitrogens is 1. The highest BCUT2D eigenvalue weighted by atomic mass is 35.5. The predicted molar refractivity (Wildman–Crippen MR) is 134 cm³/mol. The van der Waals surface area contributed by atoms with E-state index >= 15 is 0 Å². The Kier molecular flexibility index (Phi) is 8.45. The molecule has 0 saturated heterocycles. The standard InChI is InChI=1S/C24H37ClN2O4Si/c1-9-32(10-2,11-3)21-18(17-13-12-16(25)14-19(17)26-21)15-20(22(28)30-8)27(7)23(29)31-24(4,5)6/h12-14,20,26H,9-11,15H2,1-8H3/t20-/m1/s1. The average molecular weight is 481 g/mol. The lowest BCUT2D eigenvalue weighted by molar-refractivity contribution is -0.146. The molecule has 0 saturated carbocycles. The zero-order chi connectivity index (χ0) is 24.3. The van der Waals surface area contributed by atoms with Crippen LogP contribution in [0.5, 0.6) is 0 Å². The van der Waals surface area contributed by atoms with Gasteiger partial charge in [-0.15, -0.1) is 0 Å². The summed E-state index contributed by atoms with van der Waals surface area (Å²) in [7, 11) is 1.10. The van der Waals surface area contributed by atoms with E-state index in [1.807, 2.05) is 18.2 Å². The van der Waals surface area contributed by atoms with Crippen molar-refractivity contribution in [3.05, 3.63) is 28.8 Å². The van der Waals surface area contributed by atoms with Gasteiger partial charge < -0.3 is 14.5 Å². The third-order valence-electron chi connectivity index (χ3n) is 6.45. The second-order valence-corrected chi connectivity index (χ2v) is 15.0. The number of aromatic amines is 1. The molecule has 0 aliphatic heterocycles. The number of hydrogen-bond donors (Lipinski definition) is 1. The number of aromatic nitrogens is 1. The number of fused-ring (bicyclic) bond motifs is 1. The Morgan fingerprint density at radius 1 is 1.16 bits per heavy atom. The number of nitrogens with zero attached hydrogens (tertiary/aromatic N) is 1. The summed E-state index contributed by atoms with van der Waals surface area (Å²) < 4.78 is 10.6. The molecule has 0 unspecified atom stereocenters. The molecule has 6 nitrogen and oxygen atoms in total. The summed E-state index contributed by atoms with van der Waals surface area (Å²) in [6.45, 7) is 12.1. The van der Waals surface area contributed by atoms with Crippen LogP contribution in [0.2, 0.25) is 23.2 Å². The molecule has 0 spiro atoms. The normalized spacial score (nSPS) is 13.2. The third kappa shape index (κ3) is 5.49. The molecular weight excluding hydrogens is 444 g/mol. The van der Waals surface area contributed by atoms with Crippen LogP contribution in [-0.2, 0) is 20.7 Å². The summed E-state index contributed by atoms with van der Waals surface area (Å²) in [5.74, 6) is -0.468. The number of halogens is 1. The van der Waals surface area contributed by atoms with Crippen LogP contribution in [0.4, 0.5) is 4.79 Å². The van der Waals surface area contributed by atoms with Gasteiger partial charge in [-0.3, -0.25) is 4.90 Å². The van der Waals surface area contributed by atoms with Crippen molar-refractivity contribution in [2.75, 3.05) is 14.2 Å². The molecule has 0 fully saturated rings. The van der Waals surface area contributed by atoms with Crippen molar-refractivity contribution in [3.63, 3.8) is 0 Å². The van der Waals surface area contributed by atoms with Gasteiger partial charge in [0.1, 0.15) is 19.7 Å². The summed E-state index contributed by atoms with van der Waals surface area (Å²) in [6, 6.07) is 8.22. The van der Waals surface area contributed by atoms with Crippen LogP contribution >= 0.6 is 11.6 Å². The number of carbonyl (C=O) groups is 2. The lowest BCUT2D eigenvalue weighted by Crippen LogP contribution is -2.51. The molecule has 0 radical (unpaired) electrons. The van der Waals surface area contributed by atoms with Crippen molar-refractivity contribution in [1.29, 1.82) is 0 Å². The Hall–Kier alpha value is -1.99.